The van der Waals surface area contributed by atoms with Gasteiger partial charge in [-0.05, 0) is 17.7 Å². The Morgan fingerprint density at radius 1 is 0.880 bits per heavy atom. The second-order valence-corrected chi connectivity index (χ2v) is 12.4. The zero-order valence-electron chi connectivity index (χ0n) is 26.6. The van der Waals surface area contributed by atoms with Crippen molar-refractivity contribution in [1.29, 1.82) is 0 Å². The van der Waals surface area contributed by atoms with E-state index in [2.05, 4.69) is 16.0 Å². The molecule has 7 rings (SSSR count). The van der Waals surface area contributed by atoms with Crippen LogP contribution >= 0.6 is 0 Å². The number of para-hydroxylation sites is 1. The van der Waals surface area contributed by atoms with Gasteiger partial charge in [0.1, 0.15) is 49.5 Å². The molecule has 1 amide bonds. The van der Waals surface area contributed by atoms with E-state index in [0.29, 0.717) is 16.8 Å². The van der Waals surface area contributed by atoms with E-state index in [4.69, 9.17) is 19.9 Å². The van der Waals surface area contributed by atoms with Gasteiger partial charge in [-0.3, -0.25) is 30.8 Å². The Labute approximate surface area is 285 Å². The Hall–Kier alpha value is -4.49. The second kappa shape index (κ2) is 13.7. The maximum Gasteiger partial charge on any atom is 0.242 e. The number of rotatable bonds is 9. The summed E-state index contributed by atoms with van der Waals surface area (Å²) in [5, 5.41) is 60.5. The molecule has 0 unspecified atom stereocenters. The molecule has 10 N–H and O–H groups in total. The summed E-state index contributed by atoms with van der Waals surface area (Å²) in [5.74, 6) is -1.59. The van der Waals surface area contributed by atoms with E-state index < -0.39 is 74.0 Å². The van der Waals surface area contributed by atoms with Crippen molar-refractivity contribution in [3.8, 4) is 11.5 Å². The number of hydrogen-bond acceptors (Lipinski definition) is 15. The van der Waals surface area contributed by atoms with Crippen molar-refractivity contribution in [2.45, 2.75) is 55.6 Å². The van der Waals surface area contributed by atoms with E-state index in [0.717, 1.165) is 0 Å². The van der Waals surface area contributed by atoms with Gasteiger partial charge in [-0.1, -0.05) is 42.5 Å². The largest absolute Gasteiger partial charge is 0.486 e. The van der Waals surface area contributed by atoms with Crippen molar-refractivity contribution in [3.05, 3.63) is 88.0 Å². The van der Waals surface area contributed by atoms with Crippen LogP contribution in [0.5, 0.6) is 11.5 Å². The number of ether oxygens (including phenoxy) is 3. The highest BCUT2D eigenvalue weighted by Crippen LogP contribution is 2.45. The van der Waals surface area contributed by atoms with Crippen molar-refractivity contribution in [2.75, 3.05) is 31.4 Å². The van der Waals surface area contributed by atoms with Crippen LogP contribution in [0.1, 0.15) is 43.0 Å². The number of benzene rings is 3. The fraction of sp³-hybridized carbons (Fsp3) is 0.382. The number of aliphatic hydroxyl groups is 5. The number of fused-ring (bicyclic) bond motifs is 3. The number of anilines is 1. The van der Waals surface area contributed by atoms with Gasteiger partial charge in [0.25, 0.3) is 0 Å². The lowest BCUT2D eigenvalue weighted by Crippen LogP contribution is -2.70. The zero-order chi connectivity index (χ0) is 35.3. The van der Waals surface area contributed by atoms with Crippen LogP contribution in [-0.2, 0) is 16.0 Å². The van der Waals surface area contributed by atoms with E-state index in [1.165, 1.54) is 12.1 Å². The minimum atomic E-state index is -1.81. The molecule has 264 valence electrons. The minimum absolute atomic E-state index is 0.0229. The highest BCUT2D eigenvalue weighted by molar-refractivity contribution is 6.29. The fourth-order valence-corrected chi connectivity index (χ4v) is 6.94. The number of carbonyl (C=O) groups is 3. The van der Waals surface area contributed by atoms with E-state index in [1.54, 1.807) is 24.3 Å². The van der Waals surface area contributed by atoms with Crippen LogP contribution in [0.2, 0.25) is 0 Å². The van der Waals surface area contributed by atoms with Crippen LogP contribution in [0.4, 0.5) is 5.69 Å². The molecule has 50 heavy (non-hydrogen) atoms. The number of aliphatic hydroxyl groups excluding tert-OH is 5. The monoisotopic (exact) mass is 691 g/mol. The van der Waals surface area contributed by atoms with Crippen molar-refractivity contribution in [2.24, 2.45) is 5.73 Å². The molecule has 16 heteroatoms. The lowest BCUT2D eigenvalue weighted by Gasteiger charge is -2.40. The van der Waals surface area contributed by atoms with E-state index in [-0.39, 0.29) is 59.4 Å². The molecule has 4 aliphatic rings. The lowest BCUT2D eigenvalue weighted by atomic mass is 9.81. The Kier molecular flexibility index (Phi) is 9.29. The molecule has 3 fully saturated rings. The predicted octanol–water partition coefficient (Wildman–Crippen LogP) is -2.37. The molecule has 0 bridgehead atoms. The first-order valence-electron chi connectivity index (χ1n) is 16.1. The van der Waals surface area contributed by atoms with Crippen LogP contribution in [-0.4, -0.2) is 119 Å². The quantitative estimate of drug-likeness (QED) is 0.0890. The van der Waals surface area contributed by atoms with Crippen LogP contribution < -0.4 is 36.1 Å². The molecular weight excluding hydrogens is 654 g/mol. The van der Waals surface area contributed by atoms with Crippen molar-refractivity contribution in [1.82, 2.24) is 16.0 Å². The highest BCUT2D eigenvalue weighted by atomic mass is 16.7. The number of nitrogens with one attached hydrogen (secondary N) is 3. The Morgan fingerprint density at radius 2 is 1.60 bits per heavy atom. The smallest absolute Gasteiger partial charge is 0.242 e. The summed E-state index contributed by atoms with van der Waals surface area (Å²) >= 11 is 0. The molecule has 3 heterocycles. The van der Waals surface area contributed by atoms with Crippen molar-refractivity contribution >= 4 is 23.2 Å². The summed E-state index contributed by atoms with van der Waals surface area (Å²) in [6, 6.07) is 14.5. The summed E-state index contributed by atoms with van der Waals surface area (Å²) in [7, 11) is 0. The number of hydrogen-bond donors (Lipinski definition) is 9. The van der Waals surface area contributed by atoms with Gasteiger partial charge in [0, 0.05) is 34.4 Å². The summed E-state index contributed by atoms with van der Waals surface area (Å²) in [4.78, 5) is 42.6. The average Bonchev–Trinajstić information content (AvgIpc) is 3.54. The molecule has 0 spiro atoms. The van der Waals surface area contributed by atoms with E-state index in [9.17, 15) is 39.9 Å². The van der Waals surface area contributed by atoms with E-state index in [1.807, 2.05) is 23.1 Å². The molecule has 0 saturated carbocycles. The van der Waals surface area contributed by atoms with Gasteiger partial charge in [-0.25, -0.2) is 0 Å². The minimum Gasteiger partial charge on any atom is -0.486 e. The molecule has 1 aliphatic carbocycles. The Balaban J connectivity index is 1.37. The van der Waals surface area contributed by atoms with Gasteiger partial charge < -0.3 is 50.0 Å². The third-order valence-corrected chi connectivity index (χ3v) is 9.37. The molecule has 3 aliphatic heterocycles. The standard InChI is InChI=1S/C34H37N5O11/c35-34-37-31-23(32(47)38-34)36-14-39(31)20-8-4-1-5-15(20)11-16-12-19-22(25(43)18-7-3-2-6-17(18)24(19)42)30(48-10-9-40)29(16)50-33-28(46)27(45)26(44)21(13-41)49-33/h1-8,12,21,23,26-28,31,33-34,36-37,40-41,44-46H,9-11,13-14,35H2,(H,38,47)/t21-,23-,26-,27+,28-,31-,33+,34-/m0/s1. The SMILES string of the molecule is N[C@@H]1NC(=O)[C@H]2NCN(c3ccccc3Cc3cc4c(c(OCCO)c3O[C@H]3O[C@@H](CO)[C@H](O)[C@@H](O)[C@@H]3O)C(=O)c3ccccc3C4=O)[C@@H]2N1. The summed E-state index contributed by atoms with van der Waals surface area (Å²) in [6.45, 7) is -1.20. The first kappa shape index (κ1) is 34.0. The van der Waals surface area contributed by atoms with Gasteiger partial charge in [-0.15, -0.1) is 0 Å². The molecular formula is C34H37N5O11. The van der Waals surface area contributed by atoms with Gasteiger partial charge in [0.2, 0.25) is 12.2 Å². The van der Waals surface area contributed by atoms with Gasteiger partial charge in [0.15, 0.2) is 23.1 Å². The number of carbonyl (C=O) groups excluding carboxylic acids is 3. The Morgan fingerprint density at radius 3 is 2.34 bits per heavy atom. The molecule has 3 saturated heterocycles. The Bertz CT molecular complexity index is 1820. The first-order valence-corrected chi connectivity index (χ1v) is 16.1. The first-order chi connectivity index (χ1) is 24.1. The third kappa shape index (κ3) is 5.79. The van der Waals surface area contributed by atoms with Crippen LogP contribution in [0, 0.1) is 0 Å². The van der Waals surface area contributed by atoms with Crippen LogP contribution in [0.3, 0.4) is 0 Å². The number of amides is 1. The van der Waals surface area contributed by atoms with Gasteiger partial charge >= 0.3 is 0 Å². The summed E-state index contributed by atoms with van der Waals surface area (Å²) in [6.07, 6.45) is -9.47. The lowest BCUT2D eigenvalue weighted by molar-refractivity contribution is -0.277. The van der Waals surface area contributed by atoms with Crippen LogP contribution in [0.25, 0.3) is 0 Å². The van der Waals surface area contributed by atoms with Gasteiger partial charge in [0.05, 0.1) is 25.4 Å². The van der Waals surface area contributed by atoms with Crippen molar-refractivity contribution in [3.63, 3.8) is 0 Å². The molecule has 8 atom stereocenters. The normalized spacial score (nSPS) is 28.8. The number of nitrogens with two attached hydrogens (primary N) is 1. The van der Waals surface area contributed by atoms with Crippen LogP contribution in [0.15, 0.2) is 54.6 Å². The summed E-state index contributed by atoms with van der Waals surface area (Å²) < 4.78 is 17.9. The summed E-state index contributed by atoms with van der Waals surface area (Å²) in [5.41, 5.74) is 7.95. The van der Waals surface area contributed by atoms with Crippen molar-refractivity contribution < 1.29 is 54.1 Å². The fourth-order valence-electron chi connectivity index (χ4n) is 6.94. The zero-order valence-corrected chi connectivity index (χ0v) is 26.6. The second-order valence-electron chi connectivity index (χ2n) is 12.4. The predicted molar refractivity (Wildman–Crippen MR) is 173 cm³/mol. The molecule has 3 aromatic rings. The molecule has 0 aromatic heterocycles. The average molecular weight is 692 g/mol. The maximum atomic E-state index is 14.0. The van der Waals surface area contributed by atoms with Gasteiger partial charge in [-0.2, -0.15) is 0 Å². The molecule has 16 nitrogen and oxygen atoms in total. The number of nitrogens with zero attached hydrogens (tertiary/aromatic N) is 1. The topological polar surface area (TPSA) is 245 Å². The maximum absolute atomic E-state index is 14.0. The van der Waals surface area contributed by atoms with E-state index >= 15 is 0 Å². The third-order valence-electron chi connectivity index (χ3n) is 9.37. The molecule has 3 aromatic carbocycles. The number of ketones is 2. The highest BCUT2D eigenvalue weighted by Gasteiger charge is 2.47. The molecule has 0 radical (unpaired) electrons.